The Morgan fingerprint density at radius 2 is 1.63 bits per heavy atom. The largest absolute Gasteiger partial charge is 0.619 e. The lowest BCUT2D eigenvalue weighted by molar-refractivity contribution is -0.605. The molecule has 0 bridgehead atoms. The van der Waals surface area contributed by atoms with Crippen molar-refractivity contribution >= 4 is 33.8 Å². The molecule has 0 atom stereocenters. The highest BCUT2D eigenvalue weighted by Gasteiger charge is 2.34. The summed E-state index contributed by atoms with van der Waals surface area (Å²) in [6, 6.07) is 16.8. The van der Waals surface area contributed by atoms with Crippen molar-refractivity contribution in [1.82, 2.24) is 9.80 Å². The Kier molecular flexibility index (Phi) is 9.02. The minimum absolute atomic E-state index is 0.00114. The quantitative estimate of drug-likeness (QED) is 0.283. The lowest BCUT2D eigenvalue weighted by atomic mass is 10.0. The zero-order valence-electron chi connectivity index (χ0n) is 23.3. The molecule has 5 rings (SSSR count). The number of carbonyl (C=O) groups is 1. The highest BCUT2D eigenvalue weighted by Crippen LogP contribution is 2.30. The van der Waals surface area contributed by atoms with Crippen LogP contribution in [0.4, 0.5) is 5.69 Å². The second-order valence-corrected chi connectivity index (χ2v) is 12.3. The van der Waals surface area contributed by atoms with Gasteiger partial charge in [0.1, 0.15) is 5.75 Å². The first-order valence-electron chi connectivity index (χ1n) is 14.0. The van der Waals surface area contributed by atoms with Crippen LogP contribution in [-0.4, -0.2) is 70.0 Å². The molecule has 0 unspecified atom stereocenters. The van der Waals surface area contributed by atoms with Crippen LogP contribution in [0.1, 0.15) is 36.8 Å². The second kappa shape index (κ2) is 12.8. The Balaban J connectivity index is 1.44. The number of carbonyl (C=O) groups excluding carboxylic acids is 1. The van der Waals surface area contributed by atoms with Gasteiger partial charge in [-0.05, 0) is 80.2 Å². The lowest BCUT2D eigenvalue weighted by Gasteiger charge is -2.37. The van der Waals surface area contributed by atoms with E-state index in [0.29, 0.717) is 22.1 Å². The number of para-hydroxylation sites is 1. The van der Waals surface area contributed by atoms with Crippen molar-refractivity contribution in [3.05, 3.63) is 89.4 Å². The van der Waals surface area contributed by atoms with Crippen LogP contribution >= 0.6 is 0 Å². The third kappa shape index (κ3) is 6.78. The van der Waals surface area contributed by atoms with E-state index < -0.39 is 15.9 Å². The number of aromatic nitrogens is 1. The van der Waals surface area contributed by atoms with E-state index in [1.807, 2.05) is 0 Å². The maximum Gasteiger partial charge on any atom is 0.270 e. The Labute approximate surface area is 241 Å². The molecular formula is C31H36N4O5S. The standard InChI is InChI=1S/C31H36N4O5S/c1-40-28-10-12-29(13-11-28)41(38,39)35(31(36)24-32-20-16-27(17-21-32)33-18-4-5-19-33)30-7-3-2-6-26(30)9-8-25-14-22-34(37)23-15-25/h2-3,6-15,22-23,27H,4-5,16-21,24H2,1H3/b9-8+. The minimum Gasteiger partial charge on any atom is -0.619 e. The SMILES string of the molecule is COc1ccc(S(=O)(=O)N(C(=O)CN2CCC(N3CCCC3)CC2)c2ccccc2/C=C/c2cc[n+]([O-])cc2)cc1. The highest BCUT2D eigenvalue weighted by atomic mass is 32.2. The zero-order valence-corrected chi connectivity index (χ0v) is 24.1. The Morgan fingerprint density at radius 3 is 2.29 bits per heavy atom. The molecule has 41 heavy (non-hydrogen) atoms. The van der Waals surface area contributed by atoms with Gasteiger partial charge in [0, 0.05) is 31.3 Å². The van der Waals surface area contributed by atoms with Gasteiger partial charge in [0.05, 0.1) is 24.2 Å². The van der Waals surface area contributed by atoms with Crippen LogP contribution in [-0.2, 0) is 14.8 Å². The molecule has 2 fully saturated rings. The zero-order chi connectivity index (χ0) is 28.8. The maximum atomic E-state index is 14.1. The number of ether oxygens (including phenoxy) is 1. The van der Waals surface area contributed by atoms with Crippen LogP contribution in [0.2, 0.25) is 0 Å². The van der Waals surface area contributed by atoms with Crippen molar-refractivity contribution in [3.63, 3.8) is 0 Å². The van der Waals surface area contributed by atoms with Crippen molar-refractivity contribution in [3.8, 4) is 5.75 Å². The smallest absolute Gasteiger partial charge is 0.270 e. The molecule has 2 saturated heterocycles. The molecule has 216 valence electrons. The van der Waals surface area contributed by atoms with Gasteiger partial charge in [-0.25, -0.2) is 12.7 Å². The average molecular weight is 577 g/mol. The van der Waals surface area contributed by atoms with Crippen LogP contribution in [0.3, 0.4) is 0 Å². The Bertz CT molecular complexity index is 1460. The Hall–Kier alpha value is -3.73. The molecule has 2 aliphatic heterocycles. The molecular weight excluding hydrogens is 540 g/mol. The van der Waals surface area contributed by atoms with Crippen molar-refractivity contribution in [2.24, 2.45) is 0 Å². The molecule has 3 aromatic rings. The molecule has 1 amide bonds. The monoisotopic (exact) mass is 576 g/mol. The first-order chi connectivity index (χ1) is 19.8. The topological polar surface area (TPSA) is 97.1 Å². The fourth-order valence-electron chi connectivity index (χ4n) is 5.59. The van der Waals surface area contributed by atoms with Crippen LogP contribution in [0.25, 0.3) is 12.2 Å². The average Bonchev–Trinajstić information content (AvgIpc) is 3.53. The first kappa shape index (κ1) is 28.8. The summed E-state index contributed by atoms with van der Waals surface area (Å²) in [6.07, 6.45) is 10.7. The number of pyridine rings is 1. The van der Waals surface area contributed by atoms with E-state index in [-0.39, 0.29) is 17.1 Å². The summed E-state index contributed by atoms with van der Waals surface area (Å²) in [5, 5.41) is 11.4. The minimum atomic E-state index is -4.25. The molecule has 0 aliphatic carbocycles. The van der Waals surface area contributed by atoms with Crippen LogP contribution in [0, 0.1) is 5.21 Å². The third-order valence-electron chi connectivity index (χ3n) is 7.84. The summed E-state index contributed by atoms with van der Waals surface area (Å²) in [5.41, 5.74) is 1.60. The van der Waals surface area contributed by atoms with Crippen molar-refractivity contribution < 1.29 is 22.7 Å². The maximum absolute atomic E-state index is 14.1. The molecule has 9 nitrogen and oxygen atoms in total. The summed E-state index contributed by atoms with van der Waals surface area (Å²) >= 11 is 0. The fourth-order valence-corrected chi connectivity index (χ4v) is 7.03. The number of anilines is 1. The van der Waals surface area contributed by atoms with Gasteiger partial charge in [-0.15, -0.1) is 0 Å². The van der Waals surface area contributed by atoms with E-state index in [9.17, 15) is 18.4 Å². The molecule has 0 spiro atoms. The normalized spacial score (nSPS) is 17.2. The predicted octanol–water partition coefficient (Wildman–Crippen LogP) is 3.78. The summed E-state index contributed by atoms with van der Waals surface area (Å²) in [4.78, 5) is 18.6. The summed E-state index contributed by atoms with van der Waals surface area (Å²) < 4.78 is 35.0. The van der Waals surface area contributed by atoms with Gasteiger partial charge >= 0.3 is 0 Å². The van der Waals surface area contributed by atoms with Gasteiger partial charge in [-0.1, -0.05) is 30.4 Å². The van der Waals surface area contributed by atoms with Crippen molar-refractivity contribution in [2.45, 2.75) is 36.6 Å². The number of piperidine rings is 1. The number of likely N-dealkylation sites (tertiary alicyclic amines) is 2. The first-order valence-corrected chi connectivity index (χ1v) is 15.4. The van der Waals surface area contributed by atoms with Gasteiger partial charge in [-0.2, -0.15) is 4.73 Å². The number of hydrogen-bond acceptors (Lipinski definition) is 7. The molecule has 0 N–H and O–H groups in total. The number of rotatable bonds is 9. The number of sulfonamides is 1. The molecule has 2 aromatic carbocycles. The van der Waals surface area contributed by atoms with Crippen LogP contribution in [0.15, 0.2) is 78.0 Å². The van der Waals surface area contributed by atoms with E-state index in [1.165, 1.54) is 44.5 Å². The molecule has 0 saturated carbocycles. The number of benzene rings is 2. The number of amides is 1. The predicted molar refractivity (Wildman–Crippen MR) is 159 cm³/mol. The molecule has 1 aromatic heterocycles. The summed E-state index contributed by atoms with van der Waals surface area (Å²) in [7, 11) is -2.74. The third-order valence-corrected chi connectivity index (χ3v) is 9.58. The molecule has 0 radical (unpaired) electrons. The second-order valence-electron chi connectivity index (χ2n) is 10.5. The Morgan fingerprint density at radius 1 is 0.976 bits per heavy atom. The van der Waals surface area contributed by atoms with E-state index in [1.54, 1.807) is 60.7 Å². The molecule has 10 heteroatoms. The van der Waals surface area contributed by atoms with E-state index in [0.717, 1.165) is 48.9 Å². The van der Waals surface area contributed by atoms with Gasteiger partial charge in [0.2, 0.25) is 0 Å². The molecule has 3 heterocycles. The fraction of sp³-hybridized carbons (Fsp3) is 0.355. The van der Waals surface area contributed by atoms with Crippen molar-refractivity contribution in [1.29, 1.82) is 0 Å². The van der Waals surface area contributed by atoms with Gasteiger partial charge in [0.25, 0.3) is 15.9 Å². The number of methoxy groups -OCH3 is 1. The van der Waals surface area contributed by atoms with E-state index in [2.05, 4.69) is 9.80 Å². The van der Waals surface area contributed by atoms with Gasteiger partial charge in [-0.3, -0.25) is 9.69 Å². The van der Waals surface area contributed by atoms with Gasteiger partial charge in [0.15, 0.2) is 12.4 Å². The molecule has 2 aliphatic rings. The van der Waals surface area contributed by atoms with Crippen LogP contribution < -0.4 is 13.8 Å². The van der Waals surface area contributed by atoms with Crippen LogP contribution in [0.5, 0.6) is 5.75 Å². The number of nitrogens with zero attached hydrogens (tertiary/aromatic N) is 4. The van der Waals surface area contributed by atoms with E-state index >= 15 is 0 Å². The lowest BCUT2D eigenvalue weighted by Crippen LogP contribution is -2.49. The summed E-state index contributed by atoms with van der Waals surface area (Å²) in [6.45, 7) is 3.78. The van der Waals surface area contributed by atoms with E-state index in [4.69, 9.17) is 4.74 Å². The van der Waals surface area contributed by atoms with Gasteiger partial charge < -0.3 is 14.8 Å². The summed E-state index contributed by atoms with van der Waals surface area (Å²) in [5.74, 6) is 0.0155. The highest BCUT2D eigenvalue weighted by molar-refractivity contribution is 7.93. The number of hydrogen-bond donors (Lipinski definition) is 0. The van der Waals surface area contributed by atoms with Crippen molar-refractivity contribution in [2.75, 3.05) is 44.1 Å².